The minimum absolute atomic E-state index is 0.238. The van der Waals surface area contributed by atoms with Gasteiger partial charge in [0.15, 0.2) is 0 Å². The number of hydrogen-bond acceptors (Lipinski definition) is 4. The molecule has 5 heteroatoms. The molecule has 1 fully saturated rings. The third kappa shape index (κ3) is 2.45. The second-order valence-electron chi connectivity index (χ2n) is 2.29. The molecule has 0 aromatic carbocycles. The smallest absolute Gasteiger partial charge is 0.0741 e. The molecule has 0 aromatic heterocycles. The molecule has 1 rings (SSSR count). The number of nitrogens with zero attached hydrogens (tertiary/aromatic N) is 1. The average molecular weight is 276 g/mol. The molecule has 0 spiro atoms. The van der Waals surface area contributed by atoms with Crippen LogP contribution in [0.4, 0.5) is 0 Å². The van der Waals surface area contributed by atoms with Crippen LogP contribution in [0.25, 0.3) is 0 Å². The lowest BCUT2D eigenvalue weighted by atomic mass is 10.3. The Morgan fingerprint density at radius 2 is 2.44 bits per heavy atom. The number of nitrogens with two attached hydrogens (primary N) is 1. The number of hydrogen-bond donors (Lipinski definition) is 2. The Morgan fingerprint density at radius 3 is 2.67 bits per heavy atom. The largest absolute Gasteiger partial charge is 0.316 e. The summed E-state index contributed by atoms with van der Waals surface area (Å²) in [5.74, 6) is 0. The monoisotopic (exact) mass is 276 g/mol. The zero-order valence-electron chi connectivity index (χ0n) is 4.88. The third-order valence-electron chi connectivity index (χ3n) is 1.34. The Labute approximate surface area is 77.1 Å². The highest BCUT2D eigenvalue weighted by atomic mass is 127. The first kappa shape index (κ1) is 8.45. The van der Waals surface area contributed by atoms with Crippen molar-refractivity contribution in [2.75, 3.05) is 13.1 Å². The molecule has 1 aliphatic rings. The van der Waals surface area contributed by atoms with Crippen LogP contribution in [0.2, 0.25) is 0 Å². The molecule has 2 N–H and O–H groups in total. The predicted molar refractivity (Wildman–Crippen MR) is 53.7 cm³/mol. The Bertz CT molecular complexity index is 109. The van der Waals surface area contributed by atoms with Gasteiger partial charge in [-0.1, -0.05) is 0 Å². The van der Waals surface area contributed by atoms with E-state index in [1.54, 1.807) is 9.12 Å². The molecule has 1 unspecified atom stereocenters. The molecule has 0 aromatic rings. The Morgan fingerprint density at radius 1 is 1.78 bits per heavy atom. The van der Waals surface area contributed by atoms with Gasteiger partial charge in [-0.15, -0.1) is 0 Å². The zero-order chi connectivity index (χ0) is 6.91. The van der Waals surface area contributed by atoms with Crippen molar-refractivity contribution in [3.63, 3.8) is 0 Å². The van der Waals surface area contributed by atoms with Gasteiger partial charge in [-0.25, -0.2) is 4.31 Å². The Hall–Kier alpha value is 1.35. The number of rotatable bonds is 1. The average Bonchev–Trinajstić information content (AvgIpc) is 2.10. The standard InChI is InChI=1S/C4H9IN2S2/c5-9-7-2-1-4(6,8)3-7/h8H,1-3,6H2. The van der Waals surface area contributed by atoms with Crippen LogP contribution in [0.15, 0.2) is 0 Å². The van der Waals surface area contributed by atoms with E-state index in [1.165, 1.54) is 0 Å². The first-order valence-corrected chi connectivity index (χ1v) is 6.45. The maximum Gasteiger partial charge on any atom is 0.0741 e. The first-order chi connectivity index (χ1) is 4.14. The van der Waals surface area contributed by atoms with E-state index in [-0.39, 0.29) is 4.87 Å². The Balaban J connectivity index is 2.38. The van der Waals surface area contributed by atoms with Gasteiger partial charge in [0.1, 0.15) is 0 Å². The van der Waals surface area contributed by atoms with Crippen LogP contribution in [-0.2, 0) is 0 Å². The molecule has 0 aliphatic carbocycles. The summed E-state index contributed by atoms with van der Waals surface area (Å²) >= 11 is 6.54. The van der Waals surface area contributed by atoms with E-state index in [1.807, 2.05) is 0 Å². The maximum absolute atomic E-state index is 5.75. The summed E-state index contributed by atoms with van der Waals surface area (Å²) in [6, 6.07) is 0. The third-order valence-corrected chi connectivity index (χ3v) is 3.88. The summed E-state index contributed by atoms with van der Waals surface area (Å²) in [5.41, 5.74) is 5.75. The van der Waals surface area contributed by atoms with Gasteiger partial charge in [0, 0.05) is 34.3 Å². The molecular weight excluding hydrogens is 267 g/mol. The highest BCUT2D eigenvalue weighted by Gasteiger charge is 2.30. The fraction of sp³-hybridized carbons (Fsp3) is 1.00. The molecule has 0 saturated carbocycles. The van der Waals surface area contributed by atoms with Gasteiger partial charge >= 0.3 is 0 Å². The van der Waals surface area contributed by atoms with E-state index < -0.39 is 0 Å². The highest BCUT2D eigenvalue weighted by Crippen LogP contribution is 2.30. The maximum atomic E-state index is 5.75. The van der Waals surface area contributed by atoms with Crippen molar-refractivity contribution in [3.8, 4) is 0 Å². The van der Waals surface area contributed by atoms with Crippen LogP contribution in [0.5, 0.6) is 0 Å². The van der Waals surface area contributed by atoms with Crippen molar-refractivity contribution in [2.24, 2.45) is 5.73 Å². The van der Waals surface area contributed by atoms with Gasteiger partial charge in [-0.3, -0.25) is 0 Å². The van der Waals surface area contributed by atoms with Crippen molar-refractivity contribution in [2.45, 2.75) is 11.3 Å². The van der Waals surface area contributed by atoms with Crippen LogP contribution in [0, 0.1) is 0 Å². The normalized spacial score (nSPS) is 37.7. The summed E-state index contributed by atoms with van der Waals surface area (Å²) in [7, 11) is 1.71. The molecule has 1 atom stereocenters. The second-order valence-corrected chi connectivity index (χ2v) is 5.01. The van der Waals surface area contributed by atoms with Crippen LogP contribution in [0.3, 0.4) is 0 Å². The van der Waals surface area contributed by atoms with Crippen molar-refractivity contribution in [1.29, 1.82) is 0 Å². The van der Waals surface area contributed by atoms with Crippen LogP contribution < -0.4 is 5.73 Å². The van der Waals surface area contributed by atoms with Gasteiger partial charge in [0.25, 0.3) is 0 Å². The SMILES string of the molecule is NC1(S)CCN(SI)C1. The van der Waals surface area contributed by atoms with E-state index >= 15 is 0 Å². The lowest BCUT2D eigenvalue weighted by Crippen LogP contribution is -2.34. The summed E-state index contributed by atoms with van der Waals surface area (Å²) in [5, 5.41) is 0. The van der Waals surface area contributed by atoms with E-state index in [9.17, 15) is 0 Å². The second kappa shape index (κ2) is 3.17. The lowest BCUT2D eigenvalue weighted by Gasteiger charge is -2.15. The Kier molecular flexibility index (Phi) is 2.97. The molecule has 0 bridgehead atoms. The lowest BCUT2D eigenvalue weighted by molar-refractivity contribution is 0.567. The molecule has 1 heterocycles. The topological polar surface area (TPSA) is 29.3 Å². The van der Waals surface area contributed by atoms with E-state index in [4.69, 9.17) is 5.73 Å². The summed E-state index contributed by atoms with van der Waals surface area (Å²) in [4.78, 5) is -0.238. The molecule has 54 valence electrons. The predicted octanol–water partition coefficient (Wildman–Crippen LogP) is 1.28. The van der Waals surface area contributed by atoms with Crippen molar-refractivity contribution < 1.29 is 0 Å². The van der Waals surface area contributed by atoms with Crippen molar-refractivity contribution in [3.05, 3.63) is 0 Å². The van der Waals surface area contributed by atoms with E-state index in [0.717, 1.165) is 19.5 Å². The fourth-order valence-corrected chi connectivity index (χ4v) is 2.66. The number of halogens is 1. The molecule has 0 radical (unpaired) electrons. The van der Waals surface area contributed by atoms with Crippen LogP contribution in [-0.4, -0.2) is 22.3 Å². The van der Waals surface area contributed by atoms with E-state index in [0.29, 0.717) is 0 Å². The van der Waals surface area contributed by atoms with Crippen LogP contribution >= 0.6 is 43.0 Å². The molecule has 0 amide bonds. The van der Waals surface area contributed by atoms with Crippen molar-refractivity contribution in [1.82, 2.24) is 4.31 Å². The summed E-state index contributed by atoms with van der Waals surface area (Å²) in [6.45, 7) is 1.96. The minimum Gasteiger partial charge on any atom is -0.316 e. The van der Waals surface area contributed by atoms with E-state index in [2.05, 4.69) is 38.1 Å². The van der Waals surface area contributed by atoms with Gasteiger partial charge in [0.05, 0.1) is 4.87 Å². The minimum atomic E-state index is -0.238. The highest BCUT2D eigenvalue weighted by molar-refractivity contribution is 14.2. The molecule has 9 heavy (non-hydrogen) atoms. The summed E-state index contributed by atoms with van der Waals surface area (Å²) in [6.07, 6.45) is 0.992. The van der Waals surface area contributed by atoms with Gasteiger partial charge < -0.3 is 5.73 Å². The van der Waals surface area contributed by atoms with Crippen molar-refractivity contribution >= 4 is 43.0 Å². The first-order valence-electron chi connectivity index (χ1n) is 2.69. The molecule has 1 saturated heterocycles. The quantitative estimate of drug-likeness (QED) is 0.327. The summed E-state index contributed by atoms with van der Waals surface area (Å²) < 4.78 is 2.22. The number of thiol groups is 1. The van der Waals surface area contributed by atoms with Gasteiger partial charge in [-0.05, 0) is 15.5 Å². The van der Waals surface area contributed by atoms with Gasteiger partial charge in [-0.2, -0.15) is 12.6 Å². The van der Waals surface area contributed by atoms with Crippen LogP contribution in [0.1, 0.15) is 6.42 Å². The van der Waals surface area contributed by atoms with Gasteiger partial charge in [0.2, 0.25) is 0 Å². The zero-order valence-corrected chi connectivity index (χ0v) is 8.75. The molecule has 1 aliphatic heterocycles. The molecular formula is C4H9IN2S2. The molecule has 2 nitrogen and oxygen atoms in total. The fourth-order valence-electron chi connectivity index (χ4n) is 0.841.